The van der Waals surface area contributed by atoms with Crippen molar-refractivity contribution in [1.82, 2.24) is 0 Å². The molecule has 2 aromatic carbocycles. The highest BCUT2D eigenvalue weighted by Gasteiger charge is 2.11. The summed E-state index contributed by atoms with van der Waals surface area (Å²) in [6, 6.07) is 13.4. The first-order chi connectivity index (χ1) is 10.5. The van der Waals surface area contributed by atoms with Crippen molar-refractivity contribution in [2.45, 2.75) is 13.8 Å². The van der Waals surface area contributed by atoms with Gasteiger partial charge in [0.1, 0.15) is 11.5 Å². The number of hydrogen-bond donors (Lipinski definition) is 1. The average molecular weight is 318 g/mol. The number of rotatable bonds is 4. The van der Waals surface area contributed by atoms with Gasteiger partial charge in [0.2, 0.25) is 0 Å². The number of benzene rings is 2. The van der Waals surface area contributed by atoms with E-state index >= 15 is 0 Å². The monoisotopic (exact) mass is 318 g/mol. The van der Waals surface area contributed by atoms with Gasteiger partial charge in [0.25, 0.3) is 0 Å². The van der Waals surface area contributed by atoms with E-state index in [1.165, 1.54) is 13.8 Å². The van der Waals surface area contributed by atoms with E-state index in [1.54, 1.807) is 48.5 Å². The summed E-state index contributed by atoms with van der Waals surface area (Å²) in [5.74, 6) is 0.0925. The smallest absolute Gasteiger partial charge is 0.308 e. The van der Waals surface area contributed by atoms with Crippen molar-refractivity contribution in [3.8, 4) is 11.5 Å². The fraction of sp³-hybridized carbons (Fsp3) is 0.125. The number of carbonyl (C=O) groups is 2. The molecule has 1 N–H and O–H groups in total. The molecule has 0 heterocycles. The second kappa shape index (κ2) is 7.16. The highest BCUT2D eigenvalue weighted by atomic mass is 31.1. The molecule has 2 aromatic rings. The molecule has 0 atom stereocenters. The second-order valence-electron chi connectivity index (χ2n) is 4.49. The van der Waals surface area contributed by atoms with Crippen molar-refractivity contribution in [1.29, 1.82) is 0 Å². The van der Waals surface area contributed by atoms with Crippen molar-refractivity contribution >= 4 is 30.7 Å². The van der Waals surface area contributed by atoms with Crippen LogP contribution >= 0.6 is 8.15 Å². The van der Waals surface area contributed by atoms with E-state index in [0.717, 1.165) is 10.6 Å². The van der Waals surface area contributed by atoms with Crippen molar-refractivity contribution in [3.05, 3.63) is 48.5 Å². The van der Waals surface area contributed by atoms with E-state index in [9.17, 15) is 14.5 Å². The standard InChI is InChI=1S/C16H15O5P/c1-11(17)20-13-3-7-15(8-4-13)22(19)16-9-5-14(6-10-16)21-12(2)18/h3-10,19H,1-2H3. The first-order valence-corrected chi connectivity index (χ1v) is 7.81. The minimum absolute atomic E-state index is 0.389. The molecule has 0 radical (unpaired) electrons. The highest BCUT2D eigenvalue weighted by Crippen LogP contribution is 2.29. The molecule has 0 aliphatic rings. The number of esters is 2. The topological polar surface area (TPSA) is 72.8 Å². The lowest BCUT2D eigenvalue weighted by Gasteiger charge is -2.12. The van der Waals surface area contributed by atoms with Crippen LogP contribution in [-0.2, 0) is 9.59 Å². The van der Waals surface area contributed by atoms with Gasteiger partial charge in [-0.3, -0.25) is 9.59 Å². The first-order valence-electron chi connectivity index (χ1n) is 6.51. The summed E-state index contributed by atoms with van der Waals surface area (Å²) in [5, 5.41) is 1.46. The van der Waals surface area contributed by atoms with E-state index in [1.807, 2.05) is 0 Å². The van der Waals surface area contributed by atoms with Gasteiger partial charge in [0.15, 0.2) is 0 Å². The lowest BCUT2D eigenvalue weighted by atomic mass is 10.3. The Balaban J connectivity index is 2.11. The van der Waals surface area contributed by atoms with E-state index in [0.29, 0.717) is 11.5 Å². The molecule has 0 fully saturated rings. The van der Waals surface area contributed by atoms with E-state index < -0.39 is 8.15 Å². The van der Waals surface area contributed by atoms with Crippen LogP contribution in [0.15, 0.2) is 48.5 Å². The Kier molecular flexibility index (Phi) is 5.26. The summed E-state index contributed by atoms with van der Waals surface area (Å²) in [5.41, 5.74) is 0. The van der Waals surface area contributed by atoms with Gasteiger partial charge in [-0.1, -0.05) is 0 Å². The molecule has 22 heavy (non-hydrogen) atoms. The molecule has 0 unspecified atom stereocenters. The third kappa shape index (κ3) is 4.38. The van der Waals surface area contributed by atoms with Gasteiger partial charge < -0.3 is 14.4 Å². The number of carbonyl (C=O) groups excluding carboxylic acids is 2. The number of hydrogen-bond acceptors (Lipinski definition) is 5. The Hall–Kier alpha value is -2.23. The Morgan fingerprint density at radius 1 is 0.773 bits per heavy atom. The Morgan fingerprint density at radius 3 is 1.36 bits per heavy atom. The summed E-state index contributed by atoms with van der Waals surface area (Å²) in [6.07, 6.45) is 0. The van der Waals surface area contributed by atoms with Crippen LogP contribution in [0.2, 0.25) is 0 Å². The van der Waals surface area contributed by atoms with Crippen LogP contribution in [0.5, 0.6) is 11.5 Å². The van der Waals surface area contributed by atoms with Crippen molar-refractivity contribution in [2.24, 2.45) is 0 Å². The zero-order chi connectivity index (χ0) is 16.1. The minimum Gasteiger partial charge on any atom is -0.427 e. The summed E-state index contributed by atoms with van der Waals surface area (Å²) in [6.45, 7) is 2.66. The summed E-state index contributed by atoms with van der Waals surface area (Å²) in [4.78, 5) is 32.1. The SMILES string of the molecule is CC(=O)Oc1ccc(P(O)c2ccc(OC(C)=O)cc2)cc1. The third-order valence-corrected chi connectivity index (χ3v) is 4.26. The van der Waals surface area contributed by atoms with Crippen molar-refractivity contribution in [2.75, 3.05) is 0 Å². The number of ether oxygens (including phenoxy) is 2. The maximum Gasteiger partial charge on any atom is 0.308 e. The fourth-order valence-corrected chi connectivity index (χ4v) is 2.95. The van der Waals surface area contributed by atoms with Gasteiger partial charge in [-0.05, 0) is 48.5 Å². The van der Waals surface area contributed by atoms with Crippen LogP contribution in [-0.4, -0.2) is 16.8 Å². The molecule has 0 bridgehead atoms. The zero-order valence-corrected chi connectivity index (χ0v) is 13.0. The molecule has 0 aliphatic carbocycles. The van der Waals surface area contributed by atoms with E-state index in [4.69, 9.17) is 9.47 Å². The van der Waals surface area contributed by atoms with E-state index in [2.05, 4.69) is 0 Å². The van der Waals surface area contributed by atoms with Gasteiger partial charge in [0, 0.05) is 24.5 Å². The molecule has 0 spiro atoms. The van der Waals surface area contributed by atoms with E-state index in [-0.39, 0.29) is 11.9 Å². The van der Waals surface area contributed by atoms with Gasteiger partial charge in [0.05, 0.1) is 8.15 Å². The first kappa shape index (κ1) is 16.1. The van der Waals surface area contributed by atoms with Gasteiger partial charge in [-0.25, -0.2) is 0 Å². The zero-order valence-electron chi connectivity index (χ0n) is 12.1. The average Bonchev–Trinajstić information content (AvgIpc) is 2.47. The lowest BCUT2D eigenvalue weighted by Crippen LogP contribution is -2.11. The minimum atomic E-state index is -1.52. The van der Waals surface area contributed by atoms with Crippen LogP contribution < -0.4 is 20.1 Å². The molecular formula is C16H15O5P. The van der Waals surface area contributed by atoms with Crippen molar-refractivity contribution in [3.63, 3.8) is 0 Å². The van der Waals surface area contributed by atoms with Crippen LogP contribution in [0, 0.1) is 0 Å². The van der Waals surface area contributed by atoms with Crippen LogP contribution in [0.4, 0.5) is 0 Å². The molecule has 0 saturated carbocycles. The predicted octanol–water partition coefficient (Wildman–Crippen LogP) is 1.88. The highest BCUT2D eigenvalue weighted by molar-refractivity contribution is 7.67. The van der Waals surface area contributed by atoms with Crippen molar-refractivity contribution < 1.29 is 24.0 Å². The Bertz CT molecular complexity index is 604. The van der Waals surface area contributed by atoms with Crippen LogP contribution in [0.25, 0.3) is 0 Å². The second-order valence-corrected chi connectivity index (χ2v) is 6.14. The predicted molar refractivity (Wildman–Crippen MR) is 83.9 cm³/mol. The third-order valence-electron chi connectivity index (χ3n) is 2.69. The molecule has 0 aliphatic heterocycles. The van der Waals surface area contributed by atoms with Gasteiger partial charge in [-0.2, -0.15) is 0 Å². The molecule has 114 valence electrons. The fourth-order valence-electron chi connectivity index (χ4n) is 1.79. The normalized spacial score (nSPS) is 10.4. The van der Waals surface area contributed by atoms with Gasteiger partial charge in [-0.15, -0.1) is 0 Å². The largest absolute Gasteiger partial charge is 0.427 e. The maximum atomic E-state index is 10.9. The van der Waals surface area contributed by atoms with Gasteiger partial charge >= 0.3 is 11.9 Å². The molecular weight excluding hydrogens is 303 g/mol. The Morgan fingerprint density at radius 2 is 1.09 bits per heavy atom. The summed E-state index contributed by atoms with van der Waals surface area (Å²) >= 11 is 0. The molecule has 0 aromatic heterocycles. The maximum absolute atomic E-state index is 10.9. The molecule has 6 heteroatoms. The Labute approximate surface area is 129 Å². The van der Waals surface area contributed by atoms with Crippen LogP contribution in [0.3, 0.4) is 0 Å². The summed E-state index contributed by atoms with van der Waals surface area (Å²) < 4.78 is 9.89. The summed E-state index contributed by atoms with van der Waals surface area (Å²) in [7, 11) is -1.52. The molecule has 0 amide bonds. The molecule has 5 nitrogen and oxygen atoms in total. The quantitative estimate of drug-likeness (QED) is 0.529. The lowest BCUT2D eigenvalue weighted by molar-refractivity contribution is -0.132. The molecule has 2 rings (SSSR count). The van der Waals surface area contributed by atoms with Crippen LogP contribution in [0.1, 0.15) is 13.8 Å². The molecule has 0 saturated heterocycles.